The first-order chi connectivity index (χ1) is 13.0. The fraction of sp³-hybridized carbons (Fsp3) is 0.238. The Bertz CT molecular complexity index is 961. The monoisotopic (exact) mass is 367 g/mol. The number of hydrogen-bond donors (Lipinski definition) is 0. The number of rotatable bonds is 6. The Balaban J connectivity index is 1.64. The van der Waals surface area contributed by atoms with Crippen LogP contribution in [-0.4, -0.2) is 37.5 Å². The van der Waals surface area contributed by atoms with Crippen molar-refractivity contribution in [2.75, 3.05) is 20.8 Å². The van der Waals surface area contributed by atoms with Gasteiger partial charge in [0.2, 0.25) is 5.76 Å². The van der Waals surface area contributed by atoms with Gasteiger partial charge in [-0.15, -0.1) is 0 Å². The molecule has 1 heterocycles. The number of carbonyl (C=O) groups excluding carboxylic acids is 2. The number of nitrogens with zero attached hydrogens (tertiary/aromatic N) is 1. The van der Waals surface area contributed by atoms with Gasteiger partial charge in [-0.1, -0.05) is 30.3 Å². The minimum absolute atomic E-state index is 0.0942. The molecule has 140 valence electrons. The molecule has 27 heavy (non-hydrogen) atoms. The summed E-state index contributed by atoms with van der Waals surface area (Å²) in [5.41, 5.74) is 2.22. The van der Waals surface area contributed by atoms with Crippen LogP contribution in [0, 0.1) is 6.92 Å². The lowest BCUT2D eigenvalue weighted by atomic mass is 10.1. The van der Waals surface area contributed by atoms with E-state index in [1.807, 2.05) is 30.3 Å². The summed E-state index contributed by atoms with van der Waals surface area (Å²) in [5.74, 6) is -0.187. The molecule has 0 aliphatic carbocycles. The second-order valence-corrected chi connectivity index (χ2v) is 6.23. The first-order valence-corrected chi connectivity index (χ1v) is 8.51. The van der Waals surface area contributed by atoms with Gasteiger partial charge in [0.15, 0.2) is 6.61 Å². The van der Waals surface area contributed by atoms with Gasteiger partial charge in [-0.25, -0.2) is 4.79 Å². The van der Waals surface area contributed by atoms with E-state index in [0.29, 0.717) is 23.4 Å². The second kappa shape index (κ2) is 7.95. The van der Waals surface area contributed by atoms with Crippen LogP contribution in [0.5, 0.6) is 5.75 Å². The van der Waals surface area contributed by atoms with Gasteiger partial charge in [0.25, 0.3) is 5.91 Å². The van der Waals surface area contributed by atoms with Crippen molar-refractivity contribution in [2.24, 2.45) is 0 Å². The molecule has 3 rings (SSSR count). The first-order valence-electron chi connectivity index (χ1n) is 8.51. The van der Waals surface area contributed by atoms with Gasteiger partial charge in [0.1, 0.15) is 11.3 Å². The molecule has 0 bridgehead atoms. The van der Waals surface area contributed by atoms with E-state index in [9.17, 15) is 9.59 Å². The van der Waals surface area contributed by atoms with Crippen LogP contribution >= 0.6 is 0 Å². The Morgan fingerprint density at radius 2 is 1.85 bits per heavy atom. The zero-order chi connectivity index (χ0) is 19.4. The fourth-order valence-corrected chi connectivity index (χ4v) is 2.77. The molecule has 3 aromatic rings. The van der Waals surface area contributed by atoms with Gasteiger partial charge in [-0.2, -0.15) is 0 Å². The molecule has 0 fully saturated rings. The van der Waals surface area contributed by atoms with Crippen LogP contribution in [-0.2, 0) is 16.1 Å². The second-order valence-electron chi connectivity index (χ2n) is 6.23. The summed E-state index contributed by atoms with van der Waals surface area (Å²) >= 11 is 0. The SMILES string of the molecule is COc1ccc2oc(C(=O)OCC(=O)N(C)Cc3ccccc3)c(C)c2c1. The number of hydrogen-bond acceptors (Lipinski definition) is 5. The standard InChI is InChI=1S/C21H21NO5/c1-14-17-11-16(25-3)9-10-18(17)27-20(14)21(24)26-13-19(23)22(2)12-15-7-5-4-6-8-15/h4-11H,12-13H2,1-3H3. The molecule has 0 N–H and O–H groups in total. The highest BCUT2D eigenvalue weighted by atomic mass is 16.5. The van der Waals surface area contributed by atoms with Gasteiger partial charge < -0.3 is 18.8 Å². The molecule has 6 heteroatoms. The van der Waals surface area contributed by atoms with E-state index in [0.717, 1.165) is 10.9 Å². The number of carbonyl (C=O) groups is 2. The van der Waals surface area contributed by atoms with Crippen molar-refractivity contribution in [1.82, 2.24) is 4.90 Å². The maximum atomic E-state index is 12.4. The molecule has 0 radical (unpaired) electrons. The summed E-state index contributed by atoms with van der Waals surface area (Å²) < 4.78 is 15.9. The molecule has 2 aromatic carbocycles. The zero-order valence-corrected chi connectivity index (χ0v) is 15.5. The Kier molecular flexibility index (Phi) is 5.45. The average Bonchev–Trinajstić information content (AvgIpc) is 3.02. The molecule has 0 saturated carbocycles. The molecule has 0 aliphatic heterocycles. The summed E-state index contributed by atoms with van der Waals surface area (Å²) in [6.07, 6.45) is 0. The van der Waals surface area contributed by atoms with Crippen molar-refractivity contribution in [3.05, 3.63) is 65.4 Å². The molecular formula is C21H21NO5. The number of benzene rings is 2. The summed E-state index contributed by atoms with van der Waals surface area (Å²) in [7, 11) is 3.24. The van der Waals surface area contributed by atoms with Crippen LogP contribution in [0.2, 0.25) is 0 Å². The lowest BCUT2D eigenvalue weighted by Crippen LogP contribution is -2.30. The third kappa shape index (κ3) is 4.11. The van der Waals surface area contributed by atoms with Gasteiger partial charge in [0.05, 0.1) is 7.11 Å². The average molecular weight is 367 g/mol. The summed E-state index contributed by atoms with van der Waals surface area (Å²) in [6.45, 7) is 1.87. The fourth-order valence-electron chi connectivity index (χ4n) is 2.77. The molecular weight excluding hydrogens is 346 g/mol. The Morgan fingerprint density at radius 1 is 1.11 bits per heavy atom. The van der Waals surface area contributed by atoms with E-state index in [2.05, 4.69) is 0 Å². The first kappa shape index (κ1) is 18.5. The maximum Gasteiger partial charge on any atom is 0.375 e. The summed E-state index contributed by atoms with van der Waals surface area (Å²) in [6, 6.07) is 14.9. The van der Waals surface area contributed by atoms with Crippen LogP contribution in [0.1, 0.15) is 21.7 Å². The number of esters is 1. The highest BCUT2D eigenvalue weighted by molar-refractivity contribution is 5.97. The van der Waals surface area contributed by atoms with Crippen molar-refractivity contribution >= 4 is 22.8 Å². The lowest BCUT2D eigenvalue weighted by Gasteiger charge is -2.17. The maximum absolute atomic E-state index is 12.4. The third-order valence-electron chi connectivity index (χ3n) is 4.34. The largest absolute Gasteiger partial charge is 0.497 e. The minimum Gasteiger partial charge on any atom is -0.497 e. The van der Waals surface area contributed by atoms with Gasteiger partial charge >= 0.3 is 5.97 Å². The summed E-state index contributed by atoms with van der Waals surface area (Å²) in [5, 5.41) is 0.772. The summed E-state index contributed by atoms with van der Waals surface area (Å²) in [4.78, 5) is 26.1. The normalized spacial score (nSPS) is 10.6. The number of amides is 1. The van der Waals surface area contributed by atoms with Crippen LogP contribution < -0.4 is 4.74 Å². The molecule has 6 nitrogen and oxygen atoms in total. The molecule has 0 atom stereocenters. The van der Waals surface area contributed by atoms with E-state index >= 15 is 0 Å². The molecule has 0 unspecified atom stereocenters. The molecule has 0 aliphatic rings. The minimum atomic E-state index is -0.663. The number of aryl methyl sites for hydroxylation is 1. The molecule has 0 saturated heterocycles. The molecule has 1 aromatic heterocycles. The van der Waals surface area contributed by atoms with Crippen LogP contribution in [0.25, 0.3) is 11.0 Å². The smallest absolute Gasteiger partial charge is 0.375 e. The van der Waals surface area contributed by atoms with Crippen LogP contribution in [0.4, 0.5) is 0 Å². The predicted octanol–water partition coefficient (Wildman–Crippen LogP) is 3.57. The number of ether oxygens (including phenoxy) is 2. The van der Waals surface area contributed by atoms with E-state index in [1.54, 1.807) is 39.3 Å². The predicted molar refractivity (Wildman–Crippen MR) is 101 cm³/mol. The topological polar surface area (TPSA) is 69.0 Å². The van der Waals surface area contributed by atoms with Crippen molar-refractivity contribution in [2.45, 2.75) is 13.5 Å². The van der Waals surface area contributed by atoms with Crippen molar-refractivity contribution in [1.29, 1.82) is 0 Å². The van der Waals surface area contributed by atoms with E-state index in [4.69, 9.17) is 13.9 Å². The van der Waals surface area contributed by atoms with Gasteiger partial charge in [-0.05, 0) is 30.7 Å². The molecule has 1 amide bonds. The number of methoxy groups -OCH3 is 1. The van der Waals surface area contributed by atoms with Gasteiger partial charge in [0, 0.05) is 24.5 Å². The Morgan fingerprint density at radius 3 is 2.56 bits per heavy atom. The lowest BCUT2D eigenvalue weighted by molar-refractivity contribution is -0.133. The van der Waals surface area contributed by atoms with E-state index in [-0.39, 0.29) is 18.3 Å². The molecule has 0 spiro atoms. The number of furan rings is 1. The highest BCUT2D eigenvalue weighted by Gasteiger charge is 2.21. The van der Waals surface area contributed by atoms with Crippen LogP contribution in [0.3, 0.4) is 0 Å². The third-order valence-corrected chi connectivity index (χ3v) is 4.34. The van der Waals surface area contributed by atoms with E-state index in [1.165, 1.54) is 4.90 Å². The zero-order valence-electron chi connectivity index (χ0n) is 15.5. The van der Waals surface area contributed by atoms with Crippen molar-refractivity contribution in [3.8, 4) is 5.75 Å². The van der Waals surface area contributed by atoms with Crippen molar-refractivity contribution < 1.29 is 23.5 Å². The van der Waals surface area contributed by atoms with Gasteiger partial charge in [-0.3, -0.25) is 4.79 Å². The van der Waals surface area contributed by atoms with Crippen LogP contribution in [0.15, 0.2) is 52.9 Å². The Hall–Kier alpha value is -3.28. The highest BCUT2D eigenvalue weighted by Crippen LogP contribution is 2.29. The van der Waals surface area contributed by atoms with E-state index < -0.39 is 5.97 Å². The number of fused-ring (bicyclic) bond motifs is 1. The van der Waals surface area contributed by atoms with Crippen molar-refractivity contribution in [3.63, 3.8) is 0 Å². The number of likely N-dealkylation sites (N-methyl/N-ethyl adjacent to an activating group) is 1. The quantitative estimate of drug-likeness (QED) is 0.623. The Labute approximate surface area is 157 Å².